The van der Waals surface area contributed by atoms with Crippen LogP contribution in [0.2, 0.25) is 0 Å². The number of fused-ring (bicyclic) bond motifs is 2. The number of amides is 4. The molecule has 3 heterocycles. The molecule has 0 bridgehead atoms. The third-order valence-electron chi connectivity index (χ3n) is 7.61. The summed E-state index contributed by atoms with van der Waals surface area (Å²) < 4.78 is 11.7. The number of hydrogen-bond acceptors (Lipinski definition) is 6. The van der Waals surface area contributed by atoms with Crippen LogP contribution in [0.15, 0.2) is 0 Å². The molecule has 6 atom stereocenters. The van der Waals surface area contributed by atoms with Crippen molar-refractivity contribution in [2.45, 2.75) is 104 Å². The average molecular weight is 481 g/mol. The van der Waals surface area contributed by atoms with E-state index >= 15 is 0 Å². The number of nitrogens with zero attached hydrogens (tertiary/aromatic N) is 2. The van der Waals surface area contributed by atoms with E-state index in [2.05, 4.69) is 10.6 Å². The summed E-state index contributed by atoms with van der Waals surface area (Å²) in [7, 11) is 0. The van der Waals surface area contributed by atoms with Crippen LogP contribution < -0.4 is 10.6 Å². The second kappa shape index (κ2) is 9.45. The van der Waals surface area contributed by atoms with Gasteiger partial charge >= 0.3 is 0 Å². The molecular weight excluding hydrogens is 440 g/mol. The molecule has 0 saturated carbocycles. The molecule has 192 valence electrons. The predicted octanol–water partition coefficient (Wildman–Crippen LogP) is 0.989. The molecule has 10 nitrogen and oxygen atoms in total. The van der Waals surface area contributed by atoms with Gasteiger partial charge in [0.1, 0.15) is 35.6 Å². The van der Waals surface area contributed by atoms with Crippen LogP contribution in [-0.4, -0.2) is 82.3 Å². The highest BCUT2D eigenvalue weighted by molar-refractivity contribution is 5.98. The molecule has 10 heteroatoms. The molecule has 0 aromatic heterocycles. The largest absolute Gasteiger partial charge is 0.353 e. The number of carbonyl (C=O) groups excluding carboxylic acids is 4. The Morgan fingerprint density at radius 3 is 1.38 bits per heavy atom. The zero-order valence-corrected chi connectivity index (χ0v) is 21.6. The van der Waals surface area contributed by atoms with Gasteiger partial charge in [-0.3, -0.25) is 29.0 Å². The van der Waals surface area contributed by atoms with Crippen molar-refractivity contribution in [2.24, 2.45) is 11.8 Å². The van der Waals surface area contributed by atoms with Crippen LogP contribution in [0, 0.1) is 11.8 Å². The molecular formula is C24H40N4O6. The average Bonchev–Trinajstić information content (AvgIpc) is 3.27. The minimum Gasteiger partial charge on any atom is -0.353 e. The summed E-state index contributed by atoms with van der Waals surface area (Å²) >= 11 is 0. The van der Waals surface area contributed by atoms with E-state index in [1.807, 2.05) is 27.7 Å². The van der Waals surface area contributed by atoms with Crippen LogP contribution in [-0.2, 0) is 28.7 Å². The van der Waals surface area contributed by atoms with E-state index < -0.39 is 47.4 Å². The number of rotatable bonds is 4. The summed E-state index contributed by atoms with van der Waals surface area (Å²) in [6, 6.07) is -3.58. The minimum absolute atomic E-state index is 0.00804. The first-order valence-corrected chi connectivity index (χ1v) is 12.3. The standard InChI is InChI=1S/C24H40N4O6/c1-9-13(3)17-21(31)27-16(12-33-23(27,5)6)20(30)26-18(14(4)10-2)22(32)28-15(19(29)25-17)11-34-24(28,7)8/h13-18H,9-12H2,1-8H3,(H,25,29)(H,26,30)/t13-,14-,15-,16-,17-,18-/m0/s1. The Morgan fingerprint density at radius 1 is 0.765 bits per heavy atom. The fraction of sp³-hybridized carbons (Fsp3) is 0.833. The molecule has 3 aliphatic heterocycles. The highest BCUT2D eigenvalue weighted by atomic mass is 16.5. The normalized spacial score (nSPS) is 33.3. The Kier molecular flexibility index (Phi) is 7.34. The molecule has 4 amide bonds. The zero-order chi connectivity index (χ0) is 25.6. The van der Waals surface area contributed by atoms with Crippen molar-refractivity contribution < 1.29 is 28.7 Å². The smallest absolute Gasteiger partial charge is 0.248 e. The highest BCUT2D eigenvalue weighted by Crippen LogP contribution is 2.33. The van der Waals surface area contributed by atoms with Crippen LogP contribution in [0.5, 0.6) is 0 Å². The van der Waals surface area contributed by atoms with E-state index in [0.29, 0.717) is 12.8 Å². The second-order valence-corrected chi connectivity index (χ2v) is 10.7. The first-order chi connectivity index (χ1) is 15.8. The fourth-order valence-electron chi connectivity index (χ4n) is 4.99. The topological polar surface area (TPSA) is 117 Å². The van der Waals surface area contributed by atoms with Crippen LogP contribution in [0.25, 0.3) is 0 Å². The molecule has 0 aliphatic carbocycles. The lowest BCUT2D eigenvalue weighted by Gasteiger charge is -2.41. The first-order valence-electron chi connectivity index (χ1n) is 12.3. The molecule has 3 rings (SSSR count). The molecule has 3 saturated heterocycles. The maximum Gasteiger partial charge on any atom is 0.248 e. The highest BCUT2D eigenvalue weighted by Gasteiger charge is 2.54. The van der Waals surface area contributed by atoms with Gasteiger partial charge < -0.3 is 20.1 Å². The zero-order valence-electron chi connectivity index (χ0n) is 21.6. The lowest BCUT2D eigenvalue weighted by molar-refractivity contribution is -0.159. The SMILES string of the molecule is CC[C@H](C)[C@@H]1NC(=O)[C@@H]2COC(C)(C)N2C(=O)[C@H]([C@@H](C)CC)NC(=O)[C@@H]2COC(C)(C)N2C1=O. The quantitative estimate of drug-likeness (QED) is 0.620. The Labute approximate surface area is 202 Å². The lowest BCUT2D eigenvalue weighted by Crippen LogP contribution is -2.66. The van der Waals surface area contributed by atoms with Gasteiger partial charge in [0.15, 0.2) is 0 Å². The fourth-order valence-corrected chi connectivity index (χ4v) is 4.99. The second-order valence-electron chi connectivity index (χ2n) is 10.7. The van der Waals surface area contributed by atoms with Crippen molar-refractivity contribution in [3.63, 3.8) is 0 Å². The van der Waals surface area contributed by atoms with Crippen LogP contribution in [0.3, 0.4) is 0 Å². The van der Waals surface area contributed by atoms with E-state index in [9.17, 15) is 19.2 Å². The van der Waals surface area contributed by atoms with Crippen LogP contribution >= 0.6 is 0 Å². The Bertz CT molecular complexity index is 775. The lowest BCUT2D eigenvalue weighted by atomic mass is 9.94. The van der Waals surface area contributed by atoms with Crippen molar-refractivity contribution in [3.8, 4) is 0 Å². The summed E-state index contributed by atoms with van der Waals surface area (Å²) in [5, 5.41) is 5.79. The van der Waals surface area contributed by atoms with Gasteiger partial charge in [0, 0.05) is 0 Å². The first kappa shape index (κ1) is 26.4. The molecule has 34 heavy (non-hydrogen) atoms. The molecule has 0 radical (unpaired) electrons. The van der Waals surface area contributed by atoms with Gasteiger partial charge in [0.2, 0.25) is 23.6 Å². The van der Waals surface area contributed by atoms with Gasteiger partial charge in [0.25, 0.3) is 0 Å². The van der Waals surface area contributed by atoms with E-state index in [1.165, 1.54) is 9.80 Å². The molecule has 3 aliphatic rings. The van der Waals surface area contributed by atoms with E-state index in [4.69, 9.17) is 9.47 Å². The summed E-state index contributed by atoms with van der Waals surface area (Å²) in [5.41, 5.74) is -2.08. The van der Waals surface area contributed by atoms with Gasteiger partial charge in [-0.15, -0.1) is 0 Å². The van der Waals surface area contributed by atoms with Crippen LogP contribution in [0.1, 0.15) is 68.2 Å². The summed E-state index contributed by atoms with van der Waals surface area (Å²) in [6.45, 7) is 14.6. The van der Waals surface area contributed by atoms with Crippen molar-refractivity contribution in [1.29, 1.82) is 0 Å². The van der Waals surface area contributed by atoms with Gasteiger partial charge in [-0.2, -0.15) is 0 Å². The molecule has 0 aromatic rings. The third kappa shape index (κ3) is 4.54. The summed E-state index contributed by atoms with van der Waals surface area (Å²) in [6.07, 6.45) is 1.27. The number of hydrogen-bond donors (Lipinski definition) is 2. The Balaban J connectivity index is 2.13. The van der Waals surface area contributed by atoms with E-state index in [0.717, 1.165) is 0 Å². The van der Waals surface area contributed by atoms with Gasteiger partial charge in [0.05, 0.1) is 13.2 Å². The van der Waals surface area contributed by atoms with Crippen LogP contribution in [0.4, 0.5) is 0 Å². The summed E-state index contributed by atoms with van der Waals surface area (Å²) in [5.74, 6) is -2.04. The van der Waals surface area contributed by atoms with Gasteiger partial charge in [-0.05, 0) is 39.5 Å². The molecule has 3 fully saturated rings. The van der Waals surface area contributed by atoms with E-state index in [1.54, 1.807) is 27.7 Å². The predicted molar refractivity (Wildman–Crippen MR) is 124 cm³/mol. The van der Waals surface area contributed by atoms with Gasteiger partial charge in [-0.25, -0.2) is 0 Å². The van der Waals surface area contributed by atoms with Crippen molar-refractivity contribution in [2.75, 3.05) is 13.2 Å². The van der Waals surface area contributed by atoms with Crippen molar-refractivity contribution in [3.05, 3.63) is 0 Å². The molecule has 0 spiro atoms. The molecule has 0 unspecified atom stereocenters. The maximum absolute atomic E-state index is 13.8. The minimum atomic E-state index is -1.04. The molecule has 2 N–H and O–H groups in total. The third-order valence-corrected chi connectivity index (χ3v) is 7.61. The van der Waals surface area contributed by atoms with Crippen molar-refractivity contribution in [1.82, 2.24) is 20.4 Å². The number of carbonyl (C=O) groups is 4. The van der Waals surface area contributed by atoms with Gasteiger partial charge in [-0.1, -0.05) is 40.5 Å². The number of ether oxygens (including phenoxy) is 2. The maximum atomic E-state index is 13.8. The number of nitrogens with one attached hydrogen (secondary N) is 2. The summed E-state index contributed by atoms with van der Waals surface area (Å²) in [4.78, 5) is 57.6. The van der Waals surface area contributed by atoms with Crippen molar-refractivity contribution >= 4 is 23.6 Å². The monoisotopic (exact) mass is 480 g/mol. The Hall–Kier alpha value is -2.20. The van der Waals surface area contributed by atoms with E-state index in [-0.39, 0.29) is 36.9 Å². The molecule has 0 aromatic carbocycles. The Morgan fingerprint density at radius 2 is 1.09 bits per heavy atom.